The summed E-state index contributed by atoms with van der Waals surface area (Å²) in [5.74, 6) is 0.476. The first-order chi connectivity index (χ1) is 8.63. The first-order valence-corrected chi connectivity index (χ1v) is 5.40. The van der Waals surface area contributed by atoms with Crippen molar-refractivity contribution in [3.8, 4) is 0 Å². The Morgan fingerprint density at radius 3 is 2.89 bits per heavy atom. The Morgan fingerprint density at radius 2 is 2.17 bits per heavy atom. The van der Waals surface area contributed by atoms with Gasteiger partial charge in [-0.1, -0.05) is 12.1 Å². The summed E-state index contributed by atoms with van der Waals surface area (Å²) in [4.78, 5) is 27.4. The smallest absolute Gasteiger partial charge is 0.407 e. The van der Waals surface area contributed by atoms with Gasteiger partial charge in [-0.25, -0.2) is 9.78 Å². The van der Waals surface area contributed by atoms with Gasteiger partial charge in [0.2, 0.25) is 0 Å². The minimum absolute atomic E-state index is 0.137. The van der Waals surface area contributed by atoms with Crippen molar-refractivity contribution in [2.45, 2.75) is 6.54 Å². The molecule has 0 aliphatic heterocycles. The molecule has 0 unspecified atom stereocenters. The van der Waals surface area contributed by atoms with E-state index in [1.807, 2.05) is 6.07 Å². The number of nitrogens with one attached hydrogen (secondary N) is 1. The quantitative estimate of drug-likeness (QED) is 0.851. The normalized spacial score (nSPS) is 10.3. The second-order valence-corrected chi connectivity index (χ2v) is 3.75. The van der Waals surface area contributed by atoms with E-state index in [0.717, 1.165) is 0 Å². The van der Waals surface area contributed by atoms with Gasteiger partial charge in [-0.05, 0) is 12.1 Å². The maximum atomic E-state index is 12.0. The van der Waals surface area contributed by atoms with Crippen LogP contribution in [-0.2, 0) is 18.3 Å². The van der Waals surface area contributed by atoms with E-state index in [4.69, 9.17) is 0 Å². The monoisotopic (exact) mass is 247 g/mol. The summed E-state index contributed by atoms with van der Waals surface area (Å²) in [6.07, 6.45) is -0.558. The van der Waals surface area contributed by atoms with Gasteiger partial charge in [-0.2, -0.15) is 0 Å². The van der Waals surface area contributed by atoms with Crippen LogP contribution >= 0.6 is 0 Å². The molecule has 1 N–H and O–H groups in total. The Labute approximate surface area is 103 Å². The number of benzene rings is 1. The van der Waals surface area contributed by atoms with Gasteiger partial charge in [0.15, 0.2) is 0 Å². The summed E-state index contributed by atoms with van der Waals surface area (Å²) in [5, 5.41) is 3.06. The van der Waals surface area contributed by atoms with Crippen molar-refractivity contribution in [3.05, 3.63) is 40.4 Å². The van der Waals surface area contributed by atoms with E-state index in [1.165, 1.54) is 11.7 Å². The van der Waals surface area contributed by atoms with Crippen LogP contribution in [0.2, 0.25) is 0 Å². The second kappa shape index (κ2) is 4.87. The zero-order valence-electron chi connectivity index (χ0n) is 10.1. The SMILES string of the molecule is COC(=O)NCc1nc2ccccc2c(=O)n1C. The average Bonchev–Trinajstić information content (AvgIpc) is 2.41. The van der Waals surface area contributed by atoms with Crippen molar-refractivity contribution in [3.63, 3.8) is 0 Å². The number of carbonyl (C=O) groups is 1. The van der Waals surface area contributed by atoms with Gasteiger partial charge < -0.3 is 10.1 Å². The van der Waals surface area contributed by atoms with Crippen LogP contribution < -0.4 is 10.9 Å². The number of methoxy groups -OCH3 is 1. The standard InChI is InChI=1S/C12H13N3O3/c1-15-10(7-13-12(17)18-2)14-9-6-4-3-5-8(9)11(15)16/h3-6H,7H2,1-2H3,(H,13,17). The fourth-order valence-corrected chi connectivity index (χ4v) is 1.65. The lowest BCUT2D eigenvalue weighted by Crippen LogP contribution is -2.29. The highest BCUT2D eigenvalue weighted by Gasteiger charge is 2.08. The summed E-state index contributed by atoms with van der Waals surface area (Å²) < 4.78 is 5.88. The molecular formula is C12H13N3O3. The Kier molecular flexibility index (Phi) is 3.27. The molecule has 0 aliphatic rings. The maximum absolute atomic E-state index is 12.0. The highest BCUT2D eigenvalue weighted by Crippen LogP contribution is 2.06. The van der Waals surface area contributed by atoms with Crippen LogP contribution in [0.1, 0.15) is 5.82 Å². The Bertz CT molecular complexity index is 649. The van der Waals surface area contributed by atoms with E-state index in [-0.39, 0.29) is 12.1 Å². The predicted octanol–water partition coefficient (Wildman–Crippen LogP) is 0.790. The Morgan fingerprint density at radius 1 is 1.44 bits per heavy atom. The van der Waals surface area contributed by atoms with Crippen molar-refractivity contribution in [1.82, 2.24) is 14.9 Å². The summed E-state index contributed by atoms with van der Waals surface area (Å²) >= 11 is 0. The second-order valence-electron chi connectivity index (χ2n) is 3.75. The lowest BCUT2D eigenvalue weighted by atomic mass is 10.2. The number of hydrogen-bond donors (Lipinski definition) is 1. The van der Waals surface area contributed by atoms with Gasteiger partial charge in [0.25, 0.3) is 5.56 Å². The van der Waals surface area contributed by atoms with E-state index in [2.05, 4.69) is 15.0 Å². The number of hydrogen-bond acceptors (Lipinski definition) is 4. The van der Waals surface area contributed by atoms with E-state index in [9.17, 15) is 9.59 Å². The summed E-state index contributed by atoms with van der Waals surface area (Å²) in [5.41, 5.74) is 0.476. The molecule has 1 amide bonds. The van der Waals surface area contributed by atoms with Crippen LogP contribution in [-0.4, -0.2) is 22.8 Å². The minimum Gasteiger partial charge on any atom is -0.453 e. The van der Waals surface area contributed by atoms with Crippen molar-refractivity contribution >= 4 is 17.0 Å². The largest absolute Gasteiger partial charge is 0.453 e. The number of fused-ring (bicyclic) bond motifs is 1. The highest BCUT2D eigenvalue weighted by atomic mass is 16.5. The molecular weight excluding hydrogens is 234 g/mol. The van der Waals surface area contributed by atoms with E-state index in [1.54, 1.807) is 25.2 Å². The lowest BCUT2D eigenvalue weighted by Gasteiger charge is -2.09. The molecule has 2 aromatic rings. The van der Waals surface area contributed by atoms with E-state index < -0.39 is 6.09 Å². The van der Waals surface area contributed by atoms with Gasteiger partial charge in [-0.3, -0.25) is 9.36 Å². The summed E-state index contributed by atoms with van der Waals surface area (Å²) in [6.45, 7) is 0.142. The zero-order valence-corrected chi connectivity index (χ0v) is 10.1. The number of carbonyl (C=O) groups excluding carboxylic acids is 1. The number of para-hydroxylation sites is 1. The van der Waals surface area contributed by atoms with Gasteiger partial charge >= 0.3 is 6.09 Å². The molecule has 6 heteroatoms. The maximum Gasteiger partial charge on any atom is 0.407 e. The number of amides is 1. The topological polar surface area (TPSA) is 73.2 Å². The van der Waals surface area contributed by atoms with Crippen molar-refractivity contribution in [1.29, 1.82) is 0 Å². The van der Waals surface area contributed by atoms with Gasteiger partial charge in [0, 0.05) is 7.05 Å². The fraction of sp³-hybridized carbons (Fsp3) is 0.250. The molecule has 0 spiro atoms. The van der Waals surface area contributed by atoms with Crippen LogP contribution in [0.4, 0.5) is 4.79 Å². The molecule has 0 saturated carbocycles. The van der Waals surface area contributed by atoms with Gasteiger partial charge in [-0.15, -0.1) is 0 Å². The molecule has 94 valence electrons. The van der Waals surface area contributed by atoms with Crippen LogP contribution in [0.25, 0.3) is 10.9 Å². The highest BCUT2D eigenvalue weighted by molar-refractivity contribution is 5.77. The van der Waals surface area contributed by atoms with Crippen LogP contribution in [0, 0.1) is 0 Å². The molecule has 0 saturated heterocycles. The molecule has 0 bridgehead atoms. The number of alkyl carbamates (subject to hydrolysis) is 1. The minimum atomic E-state index is -0.558. The first kappa shape index (κ1) is 12.1. The van der Waals surface area contributed by atoms with Gasteiger partial charge in [0.1, 0.15) is 5.82 Å². The van der Waals surface area contributed by atoms with Crippen LogP contribution in [0.15, 0.2) is 29.1 Å². The molecule has 18 heavy (non-hydrogen) atoms. The number of aromatic nitrogens is 2. The molecule has 2 rings (SSSR count). The number of ether oxygens (including phenoxy) is 1. The molecule has 0 aliphatic carbocycles. The molecule has 0 fully saturated rings. The molecule has 1 aromatic heterocycles. The Hall–Kier alpha value is -2.37. The third-order valence-electron chi connectivity index (χ3n) is 2.65. The van der Waals surface area contributed by atoms with Gasteiger partial charge in [0.05, 0.1) is 24.6 Å². The number of nitrogens with zero attached hydrogens (tertiary/aromatic N) is 2. The van der Waals surface area contributed by atoms with Crippen molar-refractivity contribution in [2.75, 3.05) is 7.11 Å². The summed E-state index contributed by atoms with van der Waals surface area (Å²) in [7, 11) is 2.90. The first-order valence-electron chi connectivity index (χ1n) is 5.40. The molecule has 6 nitrogen and oxygen atoms in total. The molecule has 0 radical (unpaired) electrons. The molecule has 1 aromatic carbocycles. The third kappa shape index (κ3) is 2.17. The van der Waals surface area contributed by atoms with Crippen LogP contribution in [0.3, 0.4) is 0 Å². The molecule has 1 heterocycles. The zero-order chi connectivity index (χ0) is 13.1. The molecule has 0 atom stereocenters. The van der Waals surface area contributed by atoms with Crippen molar-refractivity contribution in [2.24, 2.45) is 7.05 Å². The van der Waals surface area contributed by atoms with E-state index >= 15 is 0 Å². The fourth-order valence-electron chi connectivity index (χ4n) is 1.65. The summed E-state index contributed by atoms with van der Waals surface area (Å²) in [6, 6.07) is 7.09. The van der Waals surface area contributed by atoms with E-state index in [0.29, 0.717) is 16.7 Å². The Balaban J connectivity index is 2.43. The van der Waals surface area contributed by atoms with Crippen LogP contribution in [0.5, 0.6) is 0 Å². The lowest BCUT2D eigenvalue weighted by molar-refractivity contribution is 0.170. The van der Waals surface area contributed by atoms with Crippen molar-refractivity contribution < 1.29 is 9.53 Å². The average molecular weight is 247 g/mol. The number of rotatable bonds is 2. The third-order valence-corrected chi connectivity index (χ3v) is 2.65. The predicted molar refractivity (Wildman–Crippen MR) is 66.2 cm³/mol.